The lowest BCUT2D eigenvalue weighted by Gasteiger charge is -2.09. The van der Waals surface area contributed by atoms with Gasteiger partial charge in [0.15, 0.2) is 0 Å². The van der Waals surface area contributed by atoms with Crippen LogP contribution in [0.2, 0.25) is 0 Å². The quantitative estimate of drug-likeness (QED) is 0.613. The Morgan fingerprint density at radius 2 is 2.36 bits per heavy atom. The molecule has 0 radical (unpaired) electrons. The van der Waals surface area contributed by atoms with E-state index in [1.54, 1.807) is 0 Å². The molecular formula is C10H19NO3. The molecule has 0 bridgehead atoms. The highest BCUT2D eigenvalue weighted by Crippen LogP contribution is 2.14. The van der Waals surface area contributed by atoms with E-state index >= 15 is 0 Å². The summed E-state index contributed by atoms with van der Waals surface area (Å²) in [5, 5.41) is 11.3. The fourth-order valence-electron chi connectivity index (χ4n) is 1.55. The van der Waals surface area contributed by atoms with E-state index in [9.17, 15) is 4.79 Å². The normalized spacial score (nSPS) is 21.1. The molecule has 0 aromatic rings. The SMILES string of the molecule is O=C(CC1CCCO1)NCCCCO. The predicted octanol–water partition coefficient (Wildman–Crippen LogP) is 0.444. The number of hydrogen-bond donors (Lipinski definition) is 2. The Labute approximate surface area is 84.6 Å². The van der Waals surface area contributed by atoms with Gasteiger partial charge >= 0.3 is 0 Å². The zero-order valence-corrected chi connectivity index (χ0v) is 8.50. The lowest BCUT2D eigenvalue weighted by Crippen LogP contribution is -2.28. The molecule has 1 atom stereocenters. The number of hydrogen-bond acceptors (Lipinski definition) is 3. The maximum Gasteiger partial charge on any atom is 0.222 e. The number of unbranched alkanes of at least 4 members (excludes halogenated alkanes) is 1. The molecule has 1 amide bonds. The van der Waals surface area contributed by atoms with Gasteiger partial charge in [0, 0.05) is 19.8 Å². The van der Waals surface area contributed by atoms with Crippen molar-refractivity contribution >= 4 is 5.91 Å². The Morgan fingerprint density at radius 1 is 1.50 bits per heavy atom. The molecule has 82 valence electrons. The molecule has 14 heavy (non-hydrogen) atoms. The van der Waals surface area contributed by atoms with Crippen molar-refractivity contribution in [2.24, 2.45) is 0 Å². The molecule has 1 fully saturated rings. The Hall–Kier alpha value is -0.610. The van der Waals surface area contributed by atoms with Crippen LogP contribution in [0, 0.1) is 0 Å². The Morgan fingerprint density at radius 3 is 3.00 bits per heavy atom. The van der Waals surface area contributed by atoms with Crippen LogP contribution >= 0.6 is 0 Å². The van der Waals surface area contributed by atoms with Gasteiger partial charge in [-0.15, -0.1) is 0 Å². The molecular weight excluding hydrogens is 182 g/mol. The van der Waals surface area contributed by atoms with Gasteiger partial charge in [-0.3, -0.25) is 4.79 Å². The van der Waals surface area contributed by atoms with Crippen molar-refractivity contribution in [3.05, 3.63) is 0 Å². The monoisotopic (exact) mass is 201 g/mol. The van der Waals surface area contributed by atoms with E-state index in [4.69, 9.17) is 9.84 Å². The number of carbonyl (C=O) groups excluding carboxylic acids is 1. The van der Waals surface area contributed by atoms with Crippen molar-refractivity contribution in [1.29, 1.82) is 0 Å². The number of ether oxygens (including phenoxy) is 1. The summed E-state index contributed by atoms with van der Waals surface area (Å²) in [6.45, 7) is 1.65. The van der Waals surface area contributed by atoms with Gasteiger partial charge in [0.25, 0.3) is 0 Å². The van der Waals surface area contributed by atoms with Crippen molar-refractivity contribution in [1.82, 2.24) is 5.32 Å². The average molecular weight is 201 g/mol. The third kappa shape index (κ3) is 4.58. The van der Waals surface area contributed by atoms with Gasteiger partial charge in [0.05, 0.1) is 12.5 Å². The number of nitrogens with one attached hydrogen (secondary N) is 1. The van der Waals surface area contributed by atoms with E-state index in [0.29, 0.717) is 13.0 Å². The van der Waals surface area contributed by atoms with Crippen molar-refractivity contribution in [3.8, 4) is 0 Å². The lowest BCUT2D eigenvalue weighted by molar-refractivity contribution is -0.123. The number of amides is 1. The predicted molar refractivity (Wildman–Crippen MR) is 52.9 cm³/mol. The van der Waals surface area contributed by atoms with Gasteiger partial charge in [-0.2, -0.15) is 0 Å². The highest BCUT2D eigenvalue weighted by molar-refractivity contribution is 5.76. The Bertz CT molecular complexity index is 167. The van der Waals surface area contributed by atoms with Crippen LogP contribution in [0.1, 0.15) is 32.1 Å². The summed E-state index contributed by atoms with van der Waals surface area (Å²) in [5.74, 6) is 0.0647. The largest absolute Gasteiger partial charge is 0.396 e. The molecule has 0 saturated carbocycles. The standard InChI is InChI=1S/C10H19NO3/c12-6-2-1-5-11-10(13)8-9-4-3-7-14-9/h9,12H,1-8H2,(H,11,13). The second-order valence-electron chi connectivity index (χ2n) is 3.62. The van der Waals surface area contributed by atoms with Crippen LogP contribution in [-0.4, -0.2) is 36.9 Å². The summed E-state index contributed by atoms with van der Waals surface area (Å²) in [7, 11) is 0. The highest BCUT2D eigenvalue weighted by atomic mass is 16.5. The Balaban J connectivity index is 1.98. The molecule has 1 aliphatic heterocycles. The Kier molecular flexibility index (Phi) is 5.56. The minimum atomic E-state index is 0.0647. The van der Waals surface area contributed by atoms with E-state index in [-0.39, 0.29) is 18.6 Å². The maximum absolute atomic E-state index is 11.3. The van der Waals surface area contributed by atoms with Crippen LogP contribution in [0.5, 0.6) is 0 Å². The molecule has 1 saturated heterocycles. The zero-order valence-electron chi connectivity index (χ0n) is 8.50. The minimum absolute atomic E-state index is 0.0647. The number of aliphatic hydroxyl groups is 1. The van der Waals surface area contributed by atoms with Gasteiger partial charge in [-0.1, -0.05) is 0 Å². The van der Waals surface area contributed by atoms with Gasteiger partial charge in [-0.05, 0) is 25.7 Å². The van der Waals surface area contributed by atoms with Crippen molar-refractivity contribution in [3.63, 3.8) is 0 Å². The fraction of sp³-hybridized carbons (Fsp3) is 0.900. The molecule has 0 spiro atoms. The molecule has 4 heteroatoms. The first-order chi connectivity index (χ1) is 6.83. The van der Waals surface area contributed by atoms with Crippen LogP contribution in [-0.2, 0) is 9.53 Å². The first-order valence-electron chi connectivity index (χ1n) is 5.32. The van der Waals surface area contributed by atoms with E-state index in [1.165, 1.54) is 0 Å². The van der Waals surface area contributed by atoms with E-state index in [1.807, 2.05) is 0 Å². The van der Waals surface area contributed by atoms with Crippen molar-refractivity contribution < 1.29 is 14.6 Å². The highest BCUT2D eigenvalue weighted by Gasteiger charge is 2.18. The third-order valence-corrected chi connectivity index (χ3v) is 2.34. The summed E-state index contributed by atoms with van der Waals surface area (Å²) in [6.07, 6.45) is 4.28. The number of rotatable bonds is 6. The van der Waals surface area contributed by atoms with Crippen LogP contribution in [0.25, 0.3) is 0 Å². The molecule has 1 unspecified atom stereocenters. The maximum atomic E-state index is 11.3. The van der Waals surface area contributed by atoms with Crippen LogP contribution in [0.3, 0.4) is 0 Å². The topological polar surface area (TPSA) is 58.6 Å². The molecule has 0 aromatic carbocycles. The van der Waals surface area contributed by atoms with Crippen molar-refractivity contribution in [2.75, 3.05) is 19.8 Å². The second-order valence-corrected chi connectivity index (χ2v) is 3.62. The van der Waals surface area contributed by atoms with Crippen LogP contribution in [0.15, 0.2) is 0 Å². The van der Waals surface area contributed by atoms with E-state index in [2.05, 4.69) is 5.32 Å². The second kappa shape index (κ2) is 6.79. The van der Waals surface area contributed by atoms with Crippen molar-refractivity contribution in [2.45, 2.75) is 38.2 Å². The van der Waals surface area contributed by atoms with Gasteiger partial charge in [0.2, 0.25) is 5.91 Å². The number of aliphatic hydroxyl groups excluding tert-OH is 1. The minimum Gasteiger partial charge on any atom is -0.396 e. The molecule has 1 rings (SSSR count). The molecule has 0 aliphatic carbocycles. The summed E-state index contributed by atoms with van der Waals surface area (Å²) >= 11 is 0. The molecule has 1 heterocycles. The van der Waals surface area contributed by atoms with E-state index in [0.717, 1.165) is 32.3 Å². The number of carbonyl (C=O) groups is 1. The molecule has 2 N–H and O–H groups in total. The summed E-state index contributed by atoms with van der Waals surface area (Å²) < 4.78 is 5.35. The van der Waals surface area contributed by atoms with Gasteiger partial charge in [-0.25, -0.2) is 0 Å². The first-order valence-corrected chi connectivity index (χ1v) is 5.32. The lowest BCUT2D eigenvalue weighted by atomic mass is 10.2. The molecule has 0 aromatic heterocycles. The van der Waals surface area contributed by atoms with Gasteiger partial charge in [0.1, 0.15) is 0 Å². The summed E-state index contributed by atoms with van der Waals surface area (Å²) in [5.41, 5.74) is 0. The van der Waals surface area contributed by atoms with Crippen LogP contribution in [0.4, 0.5) is 0 Å². The zero-order chi connectivity index (χ0) is 10.2. The smallest absolute Gasteiger partial charge is 0.222 e. The summed E-state index contributed by atoms with van der Waals surface area (Å²) in [6, 6.07) is 0. The third-order valence-electron chi connectivity index (χ3n) is 2.34. The first kappa shape index (κ1) is 11.5. The summed E-state index contributed by atoms with van der Waals surface area (Å²) in [4.78, 5) is 11.3. The van der Waals surface area contributed by atoms with E-state index < -0.39 is 0 Å². The van der Waals surface area contributed by atoms with Gasteiger partial charge < -0.3 is 15.2 Å². The fourth-order valence-corrected chi connectivity index (χ4v) is 1.55. The molecule has 4 nitrogen and oxygen atoms in total. The average Bonchev–Trinajstić information content (AvgIpc) is 2.65. The molecule has 1 aliphatic rings. The van der Waals surface area contributed by atoms with Crippen LogP contribution < -0.4 is 5.32 Å².